The maximum absolute atomic E-state index is 12.7. The van der Waals surface area contributed by atoms with Gasteiger partial charge in [-0.1, -0.05) is 20.8 Å². The van der Waals surface area contributed by atoms with E-state index in [9.17, 15) is 14.7 Å². The number of carboxylic acids is 1. The fraction of sp³-hybridized carbons (Fsp3) is 0.706. The minimum Gasteiger partial charge on any atom is -0.479 e. The fourth-order valence-electron chi connectivity index (χ4n) is 3.27. The van der Waals surface area contributed by atoms with Gasteiger partial charge in [0, 0.05) is 18.4 Å². The Hall–Kier alpha value is -1.47. The Balaban J connectivity index is 2.24. The molecule has 2 unspecified atom stereocenters. The molecule has 134 valence electrons. The number of nitrogens with zero attached hydrogens (tertiary/aromatic N) is 1. The smallest absolute Gasteiger partial charge is 0.330 e. The summed E-state index contributed by atoms with van der Waals surface area (Å²) < 4.78 is 5.62. The third kappa shape index (κ3) is 2.95. The molecule has 0 bridgehead atoms. The number of hydrogen-bond donors (Lipinski definition) is 2. The van der Waals surface area contributed by atoms with Crippen LogP contribution in [0.25, 0.3) is 0 Å². The zero-order valence-corrected chi connectivity index (χ0v) is 15.7. The Bertz CT molecular complexity index is 641. The highest BCUT2D eigenvalue weighted by molar-refractivity contribution is 7.13. The predicted octanol–water partition coefficient (Wildman–Crippen LogP) is 2.79. The average Bonchev–Trinajstić information content (AvgIpc) is 2.86. The first-order valence-electron chi connectivity index (χ1n) is 8.33. The van der Waals surface area contributed by atoms with Crippen LogP contribution in [0.15, 0.2) is 0 Å². The lowest BCUT2D eigenvalue weighted by molar-refractivity contribution is -0.190. The van der Waals surface area contributed by atoms with Gasteiger partial charge in [-0.05, 0) is 26.7 Å². The number of amides is 1. The lowest BCUT2D eigenvalue weighted by atomic mass is 9.54. The normalized spacial score (nSPS) is 25.1. The van der Waals surface area contributed by atoms with E-state index >= 15 is 0 Å². The van der Waals surface area contributed by atoms with Crippen molar-refractivity contribution in [3.8, 4) is 0 Å². The Morgan fingerprint density at radius 2 is 2.08 bits per heavy atom. The SMILES string of the molecule is CCCc1nc(C)c(C(=O)NC2(C(=O)O)CC(OCC)C2(C)C)s1. The van der Waals surface area contributed by atoms with E-state index in [-0.39, 0.29) is 18.4 Å². The second-order valence-corrected chi connectivity index (χ2v) is 7.89. The number of nitrogens with one attached hydrogen (secondary N) is 1. The lowest BCUT2D eigenvalue weighted by Crippen LogP contribution is -2.76. The molecule has 2 N–H and O–H groups in total. The molecule has 2 rings (SSSR count). The van der Waals surface area contributed by atoms with E-state index in [4.69, 9.17) is 4.74 Å². The van der Waals surface area contributed by atoms with Gasteiger partial charge in [-0.2, -0.15) is 0 Å². The highest BCUT2D eigenvalue weighted by Gasteiger charge is 2.66. The van der Waals surface area contributed by atoms with Crippen LogP contribution in [0.1, 0.15) is 60.9 Å². The second kappa shape index (κ2) is 6.80. The summed E-state index contributed by atoms with van der Waals surface area (Å²) in [4.78, 5) is 29.6. The number of carbonyl (C=O) groups excluding carboxylic acids is 1. The molecule has 1 aliphatic rings. The molecule has 1 amide bonds. The number of ether oxygens (including phenoxy) is 1. The molecule has 0 radical (unpaired) electrons. The summed E-state index contributed by atoms with van der Waals surface area (Å²) in [5, 5.41) is 13.5. The Morgan fingerprint density at radius 1 is 1.42 bits per heavy atom. The Labute approximate surface area is 146 Å². The number of hydrogen-bond acceptors (Lipinski definition) is 5. The van der Waals surface area contributed by atoms with Crippen LogP contribution in [-0.2, 0) is 16.0 Å². The van der Waals surface area contributed by atoms with Crippen molar-refractivity contribution >= 4 is 23.2 Å². The second-order valence-electron chi connectivity index (χ2n) is 6.81. The van der Waals surface area contributed by atoms with E-state index in [0.717, 1.165) is 17.8 Å². The van der Waals surface area contributed by atoms with Crippen molar-refractivity contribution in [3.63, 3.8) is 0 Å². The van der Waals surface area contributed by atoms with Crippen molar-refractivity contribution < 1.29 is 19.4 Å². The molecule has 1 aromatic rings. The van der Waals surface area contributed by atoms with Gasteiger partial charge in [0.05, 0.1) is 16.8 Å². The zero-order chi connectivity index (χ0) is 18.1. The van der Waals surface area contributed by atoms with Gasteiger partial charge in [0.25, 0.3) is 5.91 Å². The van der Waals surface area contributed by atoms with Gasteiger partial charge in [-0.3, -0.25) is 4.79 Å². The van der Waals surface area contributed by atoms with Gasteiger partial charge in [-0.25, -0.2) is 9.78 Å². The molecule has 0 saturated heterocycles. The minimum absolute atomic E-state index is 0.183. The van der Waals surface area contributed by atoms with Crippen molar-refractivity contribution in [1.82, 2.24) is 10.3 Å². The monoisotopic (exact) mass is 354 g/mol. The van der Waals surface area contributed by atoms with Gasteiger partial charge >= 0.3 is 5.97 Å². The summed E-state index contributed by atoms with van der Waals surface area (Å²) in [5.41, 5.74) is -1.35. The van der Waals surface area contributed by atoms with Crippen LogP contribution in [-0.4, -0.2) is 40.2 Å². The minimum atomic E-state index is -1.31. The van der Waals surface area contributed by atoms with Crippen LogP contribution in [0.5, 0.6) is 0 Å². The highest BCUT2D eigenvalue weighted by Crippen LogP contribution is 2.51. The molecule has 0 spiro atoms. The number of carbonyl (C=O) groups is 2. The quantitative estimate of drug-likeness (QED) is 0.786. The highest BCUT2D eigenvalue weighted by atomic mass is 32.1. The molecule has 7 heteroatoms. The van der Waals surface area contributed by atoms with Crippen molar-refractivity contribution in [3.05, 3.63) is 15.6 Å². The van der Waals surface area contributed by atoms with Crippen LogP contribution in [0.3, 0.4) is 0 Å². The average molecular weight is 354 g/mol. The lowest BCUT2D eigenvalue weighted by Gasteiger charge is -2.58. The van der Waals surface area contributed by atoms with Crippen LogP contribution in [0.2, 0.25) is 0 Å². The van der Waals surface area contributed by atoms with Gasteiger partial charge in [-0.15, -0.1) is 11.3 Å². The van der Waals surface area contributed by atoms with Gasteiger partial charge < -0.3 is 15.2 Å². The molecule has 0 aliphatic heterocycles. The molecule has 1 aliphatic carbocycles. The van der Waals surface area contributed by atoms with E-state index in [1.54, 1.807) is 6.92 Å². The van der Waals surface area contributed by atoms with Gasteiger partial charge in [0.15, 0.2) is 0 Å². The number of rotatable bonds is 7. The molecule has 0 aromatic carbocycles. The van der Waals surface area contributed by atoms with E-state index in [0.29, 0.717) is 17.2 Å². The first kappa shape index (κ1) is 18.9. The van der Waals surface area contributed by atoms with E-state index in [2.05, 4.69) is 17.2 Å². The molecule has 24 heavy (non-hydrogen) atoms. The number of thiazole rings is 1. The summed E-state index contributed by atoms with van der Waals surface area (Å²) in [7, 11) is 0. The van der Waals surface area contributed by atoms with Crippen molar-refractivity contribution in [1.29, 1.82) is 0 Å². The molecule has 1 heterocycles. The number of aliphatic carboxylic acids is 1. The molecular formula is C17H26N2O4S. The summed E-state index contributed by atoms with van der Waals surface area (Å²) >= 11 is 1.34. The summed E-state index contributed by atoms with van der Waals surface area (Å²) in [6.45, 7) is 9.89. The number of aromatic nitrogens is 1. The summed E-state index contributed by atoms with van der Waals surface area (Å²) in [6, 6.07) is 0. The van der Waals surface area contributed by atoms with Crippen molar-refractivity contribution in [2.24, 2.45) is 5.41 Å². The van der Waals surface area contributed by atoms with E-state index in [1.807, 2.05) is 20.8 Å². The largest absolute Gasteiger partial charge is 0.479 e. The number of carboxylic acid groups (broad SMARTS) is 1. The summed E-state index contributed by atoms with van der Waals surface area (Å²) in [6.07, 6.45) is 1.86. The Kier molecular flexibility index (Phi) is 5.34. The molecule has 1 aromatic heterocycles. The first-order valence-corrected chi connectivity index (χ1v) is 9.15. The van der Waals surface area contributed by atoms with Crippen LogP contribution >= 0.6 is 11.3 Å². The third-order valence-electron chi connectivity index (χ3n) is 4.97. The first-order chi connectivity index (χ1) is 11.2. The van der Waals surface area contributed by atoms with Crippen LogP contribution < -0.4 is 5.32 Å². The van der Waals surface area contributed by atoms with Gasteiger partial charge in [0.2, 0.25) is 0 Å². The third-order valence-corrected chi connectivity index (χ3v) is 6.18. The fourth-order valence-corrected chi connectivity index (χ4v) is 4.33. The number of aryl methyl sites for hydroxylation is 2. The maximum Gasteiger partial charge on any atom is 0.330 e. The summed E-state index contributed by atoms with van der Waals surface area (Å²) in [5.74, 6) is -1.38. The Morgan fingerprint density at radius 3 is 2.58 bits per heavy atom. The van der Waals surface area contributed by atoms with Crippen LogP contribution in [0.4, 0.5) is 0 Å². The van der Waals surface area contributed by atoms with Crippen LogP contribution in [0, 0.1) is 12.3 Å². The molecule has 2 atom stereocenters. The molecule has 6 nitrogen and oxygen atoms in total. The molecule has 1 saturated carbocycles. The maximum atomic E-state index is 12.7. The van der Waals surface area contributed by atoms with Crippen molar-refractivity contribution in [2.75, 3.05) is 6.61 Å². The van der Waals surface area contributed by atoms with E-state index < -0.39 is 16.9 Å². The van der Waals surface area contributed by atoms with E-state index in [1.165, 1.54) is 11.3 Å². The molecular weight excluding hydrogens is 328 g/mol. The standard InChI is InChI=1S/C17H26N2O4S/c1-6-8-12-18-10(3)13(24-12)14(20)19-17(15(21)22)9-11(23-7-2)16(17,4)5/h11H,6-9H2,1-5H3,(H,19,20)(H,21,22). The predicted molar refractivity (Wildman–Crippen MR) is 92.5 cm³/mol. The van der Waals surface area contributed by atoms with Crippen molar-refractivity contribution in [2.45, 2.75) is 65.5 Å². The topological polar surface area (TPSA) is 88.5 Å². The van der Waals surface area contributed by atoms with Gasteiger partial charge in [0.1, 0.15) is 10.4 Å². The zero-order valence-electron chi connectivity index (χ0n) is 14.9. The molecule has 1 fully saturated rings.